The topological polar surface area (TPSA) is 71.0 Å². The number of aliphatic hydroxyl groups excluding tert-OH is 1. The van der Waals surface area contributed by atoms with Gasteiger partial charge in [-0.2, -0.15) is 0 Å². The molecule has 2 aromatic rings. The number of benzene rings is 2. The number of hydrogen-bond acceptors (Lipinski definition) is 5. The number of halogens is 3. The van der Waals surface area contributed by atoms with Crippen LogP contribution in [0.1, 0.15) is 13.3 Å². The van der Waals surface area contributed by atoms with Crippen molar-refractivity contribution in [1.82, 2.24) is 4.90 Å². The number of ether oxygens (including phenoxy) is 2. The van der Waals surface area contributed by atoms with Crippen molar-refractivity contribution in [1.29, 1.82) is 0 Å². The minimum Gasteiger partial charge on any atom is -0.489 e. The van der Waals surface area contributed by atoms with Gasteiger partial charge in [0.15, 0.2) is 11.6 Å². The Morgan fingerprint density at radius 2 is 2.10 bits per heavy atom. The van der Waals surface area contributed by atoms with E-state index in [0.29, 0.717) is 42.5 Å². The van der Waals surface area contributed by atoms with Gasteiger partial charge in [0, 0.05) is 37.6 Å². The lowest BCUT2D eigenvalue weighted by atomic mass is 10.3. The van der Waals surface area contributed by atoms with Crippen LogP contribution >= 0.6 is 11.6 Å². The van der Waals surface area contributed by atoms with E-state index in [-0.39, 0.29) is 24.4 Å². The molecule has 2 aromatic carbocycles. The van der Waals surface area contributed by atoms with Crippen molar-refractivity contribution in [3.05, 3.63) is 53.1 Å². The van der Waals surface area contributed by atoms with Crippen LogP contribution in [0.25, 0.3) is 0 Å². The molecule has 1 heterocycles. The number of rotatable bonds is 8. The summed E-state index contributed by atoms with van der Waals surface area (Å²) in [5.74, 6) is -1.43. The number of nitrogens with one attached hydrogen (secondary N) is 1. The van der Waals surface area contributed by atoms with Crippen molar-refractivity contribution in [3.8, 4) is 11.5 Å². The highest BCUT2D eigenvalue weighted by atomic mass is 35.5. The summed E-state index contributed by atoms with van der Waals surface area (Å²) in [5.41, 5.74) is 0.434. The highest BCUT2D eigenvalue weighted by Crippen LogP contribution is 2.28. The van der Waals surface area contributed by atoms with Crippen LogP contribution in [0.2, 0.25) is 5.02 Å². The molecule has 1 saturated heterocycles. The van der Waals surface area contributed by atoms with E-state index in [0.717, 1.165) is 12.1 Å². The zero-order valence-corrected chi connectivity index (χ0v) is 17.2. The molecule has 6 nitrogen and oxygen atoms in total. The van der Waals surface area contributed by atoms with E-state index in [1.54, 1.807) is 18.2 Å². The van der Waals surface area contributed by atoms with Gasteiger partial charge in [-0.3, -0.25) is 9.69 Å². The van der Waals surface area contributed by atoms with Gasteiger partial charge in [-0.05, 0) is 36.8 Å². The molecule has 0 aliphatic carbocycles. The molecule has 1 amide bonds. The molecule has 2 atom stereocenters. The van der Waals surface area contributed by atoms with Gasteiger partial charge in [0.25, 0.3) is 0 Å². The lowest BCUT2D eigenvalue weighted by Crippen LogP contribution is -2.35. The van der Waals surface area contributed by atoms with Crippen LogP contribution in [-0.4, -0.2) is 54.4 Å². The quantitative estimate of drug-likeness (QED) is 0.657. The lowest BCUT2D eigenvalue weighted by molar-refractivity contribution is -0.114. The maximum absolute atomic E-state index is 13.3. The number of amides is 1. The molecular formula is C21H23ClF2N2O4. The highest BCUT2D eigenvalue weighted by molar-refractivity contribution is 6.31. The zero-order chi connectivity index (χ0) is 21.7. The van der Waals surface area contributed by atoms with Gasteiger partial charge in [0.2, 0.25) is 5.91 Å². The fraction of sp³-hybridized carbons (Fsp3) is 0.381. The van der Waals surface area contributed by atoms with Gasteiger partial charge in [-0.25, -0.2) is 8.78 Å². The SMILES string of the molecule is CC(=O)Nc1cc(Cl)ccc1OCC(O)CN1CCC(Oc2ccc(F)c(F)c2)C1. The molecule has 0 saturated carbocycles. The minimum atomic E-state index is -0.948. The van der Waals surface area contributed by atoms with Crippen LogP contribution in [0.5, 0.6) is 11.5 Å². The molecule has 2 N–H and O–H groups in total. The van der Waals surface area contributed by atoms with Crippen LogP contribution in [0.15, 0.2) is 36.4 Å². The third-order valence-electron chi connectivity index (χ3n) is 4.58. The van der Waals surface area contributed by atoms with E-state index in [9.17, 15) is 18.7 Å². The number of nitrogens with zero attached hydrogens (tertiary/aromatic N) is 1. The third kappa shape index (κ3) is 6.29. The Hall–Kier alpha value is -2.42. The van der Waals surface area contributed by atoms with Crippen LogP contribution in [0.3, 0.4) is 0 Å². The van der Waals surface area contributed by atoms with Crippen molar-refractivity contribution in [2.24, 2.45) is 0 Å². The molecule has 0 bridgehead atoms. The average Bonchev–Trinajstić information content (AvgIpc) is 3.10. The summed E-state index contributed by atoms with van der Waals surface area (Å²) in [6, 6.07) is 8.29. The normalized spacial score (nSPS) is 17.6. The predicted octanol–water partition coefficient (Wildman–Crippen LogP) is 3.47. The summed E-state index contributed by atoms with van der Waals surface area (Å²) in [7, 11) is 0. The molecular weight excluding hydrogens is 418 g/mol. The third-order valence-corrected chi connectivity index (χ3v) is 4.81. The number of β-amino-alcohol motifs (C(OH)–C–C–N with tert-alkyl or cyclic N) is 1. The first-order valence-electron chi connectivity index (χ1n) is 9.52. The minimum absolute atomic E-state index is 0.0272. The van der Waals surface area contributed by atoms with Crippen molar-refractivity contribution in [3.63, 3.8) is 0 Å². The second-order valence-electron chi connectivity index (χ2n) is 7.15. The molecule has 1 aliphatic rings. The number of hydrogen-bond donors (Lipinski definition) is 2. The number of carbonyl (C=O) groups excluding carboxylic acids is 1. The van der Waals surface area contributed by atoms with Crippen molar-refractivity contribution in [2.75, 3.05) is 31.6 Å². The van der Waals surface area contributed by atoms with Gasteiger partial charge < -0.3 is 19.9 Å². The largest absolute Gasteiger partial charge is 0.489 e. The van der Waals surface area contributed by atoms with Crippen molar-refractivity contribution >= 4 is 23.2 Å². The van der Waals surface area contributed by atoms with E-state index in [4.69, 9.17) is 21.1 Å². The fourth-order valence-electron chi connectivity index (χ4n) is 3.25. The lowest BCUT2D eigenvalue weighted by Gasteiger charge is -2.21. The summed E-state index contributed by atoms with van der Waals surface area (Å²) >= 11 is 5.95. The standard InChI is InChI=1S/C21H23ClF2N2O4/c1-13(27)25-20-8-14(22)2-5-21(20)29-12-15(28)10-26-7-6-17(11-26)30-16-3-4-18(23)19(24)9-16/h2-5,8-9,15,17,28H,6-7,10-12H2,1H3,(H,25,27). The van der Waals surface area contributed by atoms with Crippen LogP contribution in [0.4, 0.5) is 14.5 Å². The Balaban J connectivity index is 1.47. The molecule has 2 unspecified atom stereocenters. The second kappa shape index (κ2) is 10.1. The Morgan fingerprint density at radius 1 is 1.30 bits per heavy atom. The molecule has 1 fully saturated rings. The van der Waals surface area contributed by atoms with E-state index < -0.39 is 17.7 Å². The Labute approximate surface area is 178 Å². The summed E-state index contributed by atoms with van der Waals surface area (Å²) in [6.45, 7) is 3.02. The van der Waals surface area contributed by atoms with Gasteiger partial charge >= 0.3 is 0 Å². The fourth-order valence-corrected chi connectivity index (χ4v) is 3.43. The van der Waals surface area contributed by atoms with E-state index in [1.807, 2.05) is 4.90 Å². The smallest absolute Gasteiger partial charge is 0.221 e. The maximum atomic E-state index is 13.3. The molecule has 0 radical (unpaired) electrons. The summed E-state index contributed by atoms with van der Waals surface area (Å²) in [6.07, 6.45) is -0.241. The average molecular weight is 441 g/mol. The summed E-state index contributed by atoms with van der Waals surface area (Å²) in [5, 5.41) is 13.4. The van der Waals surface area contributed by atoms with Crippen molar-refractivity contribution < 1.29 is 28.2 Å². The summed E-state index contributed by atoms with van der Waals surface area (Å²) < 4.78 is 37.7. The molecule has 9 heteroatoms. The molecule has 1 aliphatic heterocycles. The summed E-state index contributed by atoms with van der Waals surface area (Å²) in [4.78, 5) is 13.3. The zero-order valence-electron chi connectivity index (χ0n) is 16.4. The molecule has 162 valence electrons. The Morgan fingerprint density at radius 3 is 2.83 bits per heavy atom. The van der Waals surface area contributed by atoms with E-state index >= 15 is 0 Å². The number of carbonyl (C=O) groups is 1. The van der Waals surface area contributed by atoms with Crippen LogP contribution in [0, 0.1) is 11.6 Å². The Kier molecular flexibility index (Phi) is 7.47. The predicted molar refractivity (Wildman–Crippen MR) is 109 cm³/mol. The first-order valence-corrected chi connectivity index (χ1v) is 9.90. The van der Waals surface area contributed by atoms with Crippen LogP contribution < -0.4 is 14.8 Å². The van der Waals surface area contributed by atoms with Crippen LogP contribution in [-0.2, 0) is 4.79 Å². The Bertz CT molecular complexity index is 899. The first-order chi connectivity index (χ1) is 14.3. The highest BCUT2D eigenvalue weighted by Gasteiger charge is 2.26. The van der Waals surface area contributed by atoms with E-state index in [2.05, 4.69) is 5.32 Å². The monoisotopic (exact) mass is 440 g/mol. The van der Waals surface area contributed by atoms with E-state index in [1.165, 1.54) is 13.0 Å². The van der Waals surface area contributed by atoms with Gasteiger partial charge in [-0.1, -0.05) is 11.6 Å². The molecule has 30 heavy (non-hydrogen) atoms. The molecule has 0 spiro atoms. The van der Waals surface area contributed by atoms with Crippen molar-refractivity contribution in [2.45, 2.75) is 25.6 Å². The number of aliphatic hydroxyl groups is 1. The second-order valence-corrected chi connectivity index (χ2v) is 7.59. The first kappa shape index (κ1) is 22.3. The van der Waals surface area contributed by atoms with Gasteiger partial charge in [0.05, 0.1) is 5.69 Å². The molecule has 0 aromatic heterocycles. The van der Waals surface area contributed by atoms with Gasteiger partial charge in [-0.15, -0.1) is 0 Å². The number of likely N-dealkylation sites (tertiary alicyclic amines) is 1. The molecule has 3 rings (SSSR count). The number of anilines is 1. The van der Waals surface area contributed by atoms with Gasteiger partial charge in [0.1, 0.15) is 30.3 Å². The maximum Gasteiger partial charge on any atom is 0.221 e.